The first-order chi connectivity index (χ1) is 12.3. The van der Waals surface area contributed by atoms with E-state index in [4.69, 9.17) is 33.7 Å². The molecule has 0 bridgehead atoms. The third kappa shape index (κ3) is 6.06. The first kappa shape index (κ1) is 19.8. The van der Waals surface area contributed by atoms with Crippen molar-refractivity contribution in [3.8, 4) is 0 Å². The van der Waals surface area contributed by atoms with Gasteiger partial charge in [-0.2, -0.15) is 0 Å². The van der Waals surface area contributed by atoms with Crippen molar-refractivity contribution in [2.24, 2.45) is 5.73 Å². The first-order valence-corrected chi connectivity index (χ1v) is 8.36. The lowest BCUT2D eigenvalue weighted by Gasteiger charge is -2.16. The molecule has 6 nitrogen and oxygen atoms in total. The third-order valence-corrected chi connectivity index (χ3v) is 3.86. The lowest BCUT2D eigenvalue weighted by molar-refractivity contribution is -0.148. The van der Waals surface area contributed by atoms with Gasteiger partial charge in [0.2, 0.25) is 5.91 Å². The van der Waals surface area contributed by atoms with Crippen molar-refractivity contribution in [2.45, 2.75) is 19.1 Å². The second-order valence-electron chi connectivity index (χ2n) is 5.44. The molecular formula is C18H16Cl2N2O4. The molecule has 0 aliphatic heterocycles. The highest BCUT2D eigenvalue weighted by molar-refractivity contribution is 6.30. The van der Waals surface area contributed by atoms with Gasteiger partial charge < -0.3 is 15.8 Å². The van der Waals surface area contributed by atoms with Crippen molar-refractivity contribution < 1.29 is 19.1 Å². The number of nitrogens with one attached hydrogen (secondary N) is 1. The van der Waals surface area contributed by atoms with Crippen LogP contribution >= 0.6 is 23.2 Å². The summed E-state index contributed by atoms with van der Waals surface area (Å²) in [5, 5.41) is 3.42. The molecule has 0 spiro atoms. The Balaban J connectivity index is 2.03. The van der Waals surface area contributed by atoms with Gasteiger partial charge >= 0.3 is 5.97 Å². The lowest BCUT2D eigenvalue weighted by atomic mass is 10.1. The average Bonchev–Trinajstić information content (AvgIpc) is 2.59. The SMILES string of the molecule is NC(=O)CC(NC(=O)c1ccc(Cl)cc1)C(=O)OCc1cccc(Cl)c1. The Labute approximate surface area is 160 Å². The van der Waals surface area contributed by atoms with E-state index in [9.17, 15) is 14.4 Å². The molecule has 0 heterocycles. The molecule has 2 aromatic carbocycles. The van der Waals surface area contributed by atoms with Crippen LogP contribution < -0.4 is 11.1 Å². The first-order valence-electron chi connectivity index (χ1n) is 7.61. The normalized spacial score (nSPS) is 11.5. The number of rotatable bonds is 7. The Hall–Kier alpha value is -2.57. The number of esters is 1. The number of hydrogen-bond acceptors (Lipinski definition) is 4. The molecule has 0 aliphatic rings. The highest BCUT2D eigenvalue weighted by Crippen LogP contribution is 2.13. The molecule has 8 heteroatoms. The Bertz CT molecular complexity index is 809. The molecule has 0 aromatic heterocycles. The van der Waals surface area contributed by atoms with Crippen molar-refractivity contribution in [3.63, 3.8) is 0 Å². The van der Waals surface area contributed by atoms with Crippen molar-refractivity contribution in [3.05, 3.63) is 69.7 Å². The van der Waals surface area contributed by atoms with Gasteiger partial charge in [-0.25, -0.2) is 4.79 Å². The standard InChI is InChI=1S/C18H16Cl2N2O4/c19-13-6-4-12(5-7-13)17(24)22-15(9-16(21)23)18(25)26-10-11-2-1-3-14(20)8-11/h1-8,15H,9-10H2,(H2,21,23)(H,22,24). The summed E-state index contributed by atoms with van der Waals surface area (Å²) < 4.78 is 5.16. The smallest absolute Gasteiger partial charge is 0.329 e. The molecule has 0 aliphatic carbocycles. The third-order valence-electron chi connectivity index (χ3n) is 3.37. The van der Waals surface area contributed by atoms with Gasteiger partial charge in [0.1, 0.15) is 12.6 Å². The zero-order chi connectivity index (χ0) is 19.1. The van der Waals surface area contributed by atoms with E-state index in [1.54, 1.807) is 24.3 Å². The minimum absolute atomic E-state index is 0.0501. The van der Waals surface area contributed by atoms with Crippen LogP contribution in [0.2, 0.25) is 10.0 Å². The topological polar surface area (TPSA) is 98.5 Å². The van der Waals surface area contributed by atoms with E-state index in [-0.39, 0.29) is 18.6 Å². The van der Waals surface area contributed by atoms with Gasteiger partial charge in [0.05, 0.1) is 6.42 Å². The molecule has 0 saturated carbocycles. The van der Waals surface area contributed by atoms with Crippen LogP contribution in [0.4, 0.5) is 0 Å². The van der Waals surface area contributed by atoms with Gasteiger partial charge in [-0.1, -0.05) is 35.3 Å². The second kappa shape index (κ2) is 9.22. The molecule has 2 aromatic rings. The molecule has 1 unspecified atom stereocenters. The van der Waals surface area contributed by atoms with Gasteiger partial charge in [0.15, 0.2) is 0 Å². The van der Waals surface area contributed by atoms with E-state index in [0.29, 0.717) is 15.6 Å². The van der Waals surface area contributed by atoms with E-state index >= 15 is 0 Å². The fourth-order valence-electron chi connectivity index (χ4n) is 2.12. The zero-order valence-electron chi connectivity index (χ0n) is 13.6. The summed E-state index contributed by atoms with van der Waals surface area (Å²) in [6.07, 6.45) is -0.381. The number of benzene rings is 2. The molecule has 0 radical (unpaired) electrons. The molecule has 3 N–H and O–H groups in total. The van der Waals surface area contributed by atoms with Crippen LogP contribution in [0.15, 0.2) is 48.5 Å². The minimum Gasteiger partial charge on any atom is -0.459 e. The fourth-order valence-corrected chi connectivity index (χ4v) is 2.46. The van der Waals surface area contributed by atoms with Crippen LogP contribution in [-0.2, 0) is 20.9 Å². The van der Waals surface area contributed by atoms with E-state index in [0.717, 1.165) is 0 Å². The Morgan fingerprint density at radius 1 is 1.04 bits per heavy atom. The predicted octanol–water partition coefficient (Wildman–Crippen LogP) is 2.71. The highest BCUT2D eigenvalue weighted by atomic mass is 35.5. The summed E-state index contributed by atoms with van der Waals surface area (Å²) in [4.78, 5) is 35.7. The molecule has 0 saturated heterocycles. The summed E-state index contributed by atoms with van der Waals surface area (Å²) in [6.45, 7) is -0.0501. The van der Waals surface area contributed by atoms with Crippen LogP contribution in [-0.4, -0.2) is 23.8 Å². The van der Waals surface area contributed by atoms with Crippen LogP contribution in [0.3, 0.4) is 0 Å². The van der Waals surface area contributed by atoms with Crippen LogP contribution in [0, 0.1) is 0 Å². The number of carbonyl (C=O) groups is 3. The van der Waals surface area contributed by atoms with Crippen molar-refractivity contribution in [2.75, 3.05) is 0 Å². The molecule has 2 rings (SSSR count). The largest absolute Gasteiger partial charge is 0.459 e. The molecule has 1 atom stereocenters. The number of primary amides is 1. The number of amides is 2. The predicted molar refractivity (Wildman–Crippen MR) is 97.8 cm³/mol. The van der Waals surface area contributed by atoms with Gasteiger partial charge in [-0.15, -0.1) is 0 Å². The van der Waals surface area contributed by atoms with E-state index in [2.05, 4.69) is 5.32 Å². The number of halogens is 2. The molecular weight excluding hydrogens is 379 g/mol. The summed E-state index contributed by atoms with van der Waals surface area (Å²) in [5.74, 6) is -2.06. The molecule has 0 fully saturated rings. The minimum atomic E-state index is -1.20. The Morgan fingerprint density at radius 2 is 1.73 bits per heavy atom. The number of ether oxygens (including phenoxy) is 1. The van der Waals surface area contributed by atoms with E-state index in [1.165, 1.54) is 24.3 Å². The van der Waals surface area contributed by atoms with Crippen molar-refractivity contribution >= 4 is 41.0 Å². The van der Waals surface area contributed by atoms with Gasteiger partial charge in [-0.3, -0.25) is 9.59 Å². The fraction of sp³-hybridized carbons (Fsp3) is 0.167. The van der Waals surface area contributed by atoms with Crippen LogP contribution in [0.5, 0.6) is 0 Å². The van der Waals surface area contributed by atoms with Gasteiger partial charge in [0, 0.05) is 15.6 Å². The summed E-state index contributed by atoms with van der Waals surface area (Å²) in [5.41, 5.74) is 6.12. The van der Waals surface area contributed by atoms with Gasteiger partial charge in [0.25, 0.3) is 5.91 Å². The summed E-state index contributed by atoms with van der Waals surface area (Å²) in [7, 11) is 0. The Kier molecular flexibility index (Phi) is 7.00. The van der Waals surface area contributed by atoms with Crippen molar-refractivity contribution in [1.82, 2.24) is 5.32 Å². The summed E-state index contributed by atoms with van der Waals surface area (Å²) >= 11 is 11.6. The monoisotopic (exact) mass is 394 g/mol. The zero-order valence-corrected chi connectivity index (χ0v) is 15.1. The summed E-state index contributed by atoms with van der Waals surface area (Å²) in [6, 6.07) is 11.7. The maximum absolute atomic E-state index is 12.3. The molecule has 26 heavy (non-hydrogen) atoms. The quantitative estimate of drug-likeness (QED) is 0.705. The van der Waals surface area contributed by atoms with Crippen LogP contribution in [0.25, 0.3) is 0 Å². The maximum Gasteiger partial charge on any atom is 0.329 e. The average molecular weight is 395 g/mol. The van der Waals surface area contributed by atoms with Crippen molar-refractivity contribution in [1.29, 1.82) is 0 Å². The maximum atomic E-state index is 12.3. The second-order valence-corrected chi connectivity index (χ2v) is 6.31. The number of nitrogens with two attached hydrogens (primary N) is 1. The Morgan fingerprint density at radius 3 is 2.35 bits per heavy atom. The van der Waals surface area contributed by atoms with Gasteiger partial charge in [-0.05, 0) is 42.0 Å². The van der Waals surface area contributed by atoms with Crippen LogP contribution in [0.1, 0.15) is 22.3 Å². The molecule has 136 valence electrons. The highest BCUT2D eigenvalue weighted by Gasteiger charge is 2.25. The number of carbonyl (C=O) groups excluding carboxylic acids is 3. The van der Waals surface area contributed by atoms with E-state index < -0.39 is 23.8 Å². The lowest BCUT2D eigenvalue weighted by Crippen LogP contribution is -2.44. The number of hydrogen-bond donors (Lipinski definition) is 2. The van der Waals surface area contributed by atoms with E-state index in [1.807, 2.05) is 0 Å². The molecule has 2 amide bonds.